The lowest BCUT2D eigenvalue weighted by atomic mass is 9.95. The molecular formula is C14H20F2O2S. The van der Waals surface area contributed by atoms with E-state index in [0.717, 1.165) is 16.2 Å². The first-order chi connectivity index (χ1) is 8.63. The minimum absolute atomic E-state index is 0.0479. The third kappa shape index (κ3) is 4.90. The zero-order valence-corrected chi connectivity index (χ0v) is 12.3. The average Bonchev–Trinajstić information content (AvgIpc) is 2.73. The van der Waals surface area contributed by atoms with E-state index in [1.807, 2.05) is 20.8 Å². The number of hydrogen-bond donors (Lipinski definition) is 1. The van der Waals surface area contributed by atoms with Crippen LogP contribution in [-0.2, 0) is 16.1 Å². The van der Waals surface area contributed by atoms with E-state index in [4.69, 9.17) is 5.11 Å². The van der Waals surface area contributed by atoms with Crippen molar-refractivity contribution in [1.29, 1.82) is 0 Å². The fourth-order valence-corrected chi connectivity index (χ4v) is 2.75. The molecule has 0 bridgehead atoms. The summed E-state index contributed by atoms with van der Waals surface area (Å²) in [7, 11) is 0. The number of carboxylic acids is 1. The van der Waals surface area contributed by atoms with Gasteiger partial charge in [0.05, 0.1) is 4.88 Å². The van der Waals surface area contributed by atoms with E-state index in [2.05, 4.69) is 0 Å². The first-order valence-electron chi connectivity index (χ1n) is 6.33. The van der Waals surface area contributed by atoms with Crippen molar-refractivity contribution >= 4 is 17.3 Å². The normalized spacial score (nSPS) is 12.7. The zero-order chi connectivity index (χ0) is 14.7. The minimum atomic E-state index is -2.85. The average molecular weight is 290 g/mol. The molecule has 1 rings (SSSR count). The van der Waals surface area contributed by atoms with Gasteiger partial charge in [-0.15, -0.1) is 11.3 Å². The van der Waals surface area contributed by atoms with E-state index in [-0.39, 0.29) is 29.6 Å². The molecule has 0 amide bonds. The van der Waals surface area contributed by atoms with E-state index in [9.17, 15) is 13.6 Å². The highest BCUT2D eigenvalue weighted by molar-refractivity contribution is 7.12. The molecule has 1 aromatic rings. The SMILES string of the molecule is CC(C)(C)c1ccc(C(F)(F)CCCCC(=O)O)s1. The Labute approximate surface area is 116 Å². The Morgan fingerprint density at radius 1 is 1.21 bits per heavy atom. The van der Waals surface area contributed by atoms with E-state index in [1.54, 1.807) is 6.07 Å². The number of aliphatic carboxylic acids is 1. The molecule has 0 unspecified atom stereocenters. The van der Waals surface area contributed by atoms with Crippen LogP contribution in [0.4, 0.5) is 8.78 Å². The number of halogens is 2. The lowest BCUT2D eigenvalue weighted by Gasteiger charge is -2.17. The van der Waals surface area contributed by atoms with Gasteiger partial charge in [-0.25, -0.2) is 8.78 Å². The second kappa shape index (κ2) is 5.99. The Balaban J connectivity index is 2.61. The molecule has 0 aromatic carbocycles. The smallest absolute Gasteiger partial charge is 0.303 e. The van der Waals surface area contributed by atoms with Crippen LogP contribution in [0, 0.1) is 0 Å². The second-order valence-corrected chi connectivity index (χ2v) is 6.80. The third-order valence-electron chi connectivity index (χ3n) is 2.84. The van der Waals surface area contributed by atoms with Crippen LogP contribution in [-0.4, -0.2) is 11.1 Å². The topological polar surface area (TPSA) is 37.3 Å². The van der Waals surface area contributed by atoms with Gasteiger partial charge in [-0.2, -0.15) is 0 Å². The van der Waals surface area contributed by atoms with Crippen molar-refractivity contribution in [2.24, 2.45) is 0 Å². The molecule has 1 N–H and O–H groups in total. The molecular weight excluding hydrogens is 270 g/mol. The zero-order valence-electron chi connectivity index (χ0n) is 11.5. The van der Waals surface area contributed by atoms with E-state index >= 15 is 0 Å². The summed E-state index contributed by atoms with van der Waals surface area (Å²) in [6, 6.07) is 3.24. The van der Waals surface area contributed by atoms with Crippen LogP contribution in [0.15, 0.2) is 12.1 Å². The quantitative estimate of drug-likeness (QED) is 0.765. The van der Waals surface area contributed by atoms with Gasteiger partial charge in [-0.1, -0.05) is 20.8 Å². The number of thiophene rings is 1. The maximum Gasteiger partial charge on any atom is 0.303 e. The molecule has 1 heterocycles. The number of hydrogen-bond acceptors (Lipinski definition) is 2. The van der Waals surface area contributed by atoms with Crippen molar-refractivity contribution in [2.45, 2.75) is 57.8 Å². The van der Waals surface area contributed by atoms with Gasteiger partial charge < -0.3 is 5.11 Å². The van der Waals surface area contributed by atoms with Crippen LogP contribution in [0.5, 0.6) is 0 Å². The van der Waals surface area contributed by atoms with Crippen LogP contribution in [0.1, 0.15) is 56.2 Å². The molecule has 0 fully saturated rings. The Kier molecular flexibility index (Phi) is 5.07. The largest absolute Gasteiger partial charge is 0.481 e. The standard InChI is InChI=1S/C14H20F2O2S/c1-13(2,3)10-7-8-11(19-10)14(15,16)9-5-4-6-12(17)18/h7-8H,4-6,9H2,1-3H3,(H,17,18). The van der Waals surface area contributed by atoms with Crippen LogP contribution >= 0.6 is 11.3 Å². The summed E-state index contributed by atoms with van der Waals surface area (Å²) in [4.78, 5) is 11.3. The lowest BCUT2D eigenvalue weighted by molar-refractivity contribution is -0.137. The molecule has 1 aromatic heterocycles. The predicted octanol–water partition coefficient (Wildman–Crippen LogP) is 4.78. The summed E-state index contributed by atoms with van der Waals surface area (Å²) in [6.07, 6.45) is 0.183. The van der Waals surface area contributed by atoms with E-state index in [1.165, 1.54) is 6.07 Å². The number of rotatable bonds is 6. The molecule has 0 atom stereocenters. The van der Waals surface area contributed by atoms with Crippen LogP contribution in [0.3, 0.4) is 0 Å². The lowest BCUT2D eigenvalue weighted by Crippen LogP contribution is -2.12. The fourth-order valence-electron chi connectivity index (χ4n) is 1.68. The predicted molar refractivity (Wildman–Crippen MR) is 73.0 cm³/mol. The molecule has 0 aliphatic carbocycles. The molecule has 0 aliphatic rings. The molecule has 0 radical (unpaired) electrons. The Hall–Kier alpha value is -0.970. The first-order valence-corrected chi connectivity index (χ1v) is 7.15. The molecule has 0 aliphatic heterocycles. The summed E-state index contributed by atoms with van der Waals surface area (Å²) in [6.45, 7) is 5.98. The monoisotopic (exact) mass is 290 g/mol. The van der Waals surface area contributed by atoms with Crippen molar-refractivity contribution < 1.29 is 18.7 Å². The minimum Gasteiger partial charge on any atom is -0.481 e. The van der Waals surface area contributed by atoms with Crippen LogP contribution in [0.2, 0.25) is 0 Å². The van der Waals surface area contributed by atoms with Crippen molar-refractivity contribution in [3.63, 3.8) is 0 Å². The van der Waals surface area contributed by atoms with E-state index < -0.39 is 11.9 Å². The fraction of sp³-hybridized carbons (Fsp3) is 0.643. The molecule has 108 valence electrons. The Morgan fingerprint density at radius 2 is 1.79 bits per heavy atom. The van der Waals surface area contributed by atoms with Crippen LogP contribution < -0.4 is 0 Å². The first kappa shape index (κ1) is 16.1. The van der Waals surface area contributed by atoms with Crippen molar-refractivity contribution in [2.75, 3.05) is 0 Å². The summed E-state index contributed by atoms with van der Waals surface area (Å²) >= 11 is 1.14. The molecule has 2 nitrogen and oxygen atoms in total. The van der Waals surface area contributed by atoms with Gasteiger partial charge in [0.15, 0.2) is 0 Å². The maximum atomic E-state index is 13.9. The maximum absolute atomic E-state index is 13.9. The van der Waals surface area contributed by atoms with Crippen LogP contribution in [0.25, 0.3) is 0 Å². The number of unbranched alkanes of at least 4 members (excludes halogenated alkanes) is 1. The number of alkyl halides is 2. The van der Waals surface area contributed by atoms with Gasteiger partial charge in [0.25, 0.3) is 5.92 Å². The van der Waals surface area contributed by atoms with Gasteiger partial charge in [-0.05, 0) is 30.4 Å². The number of carbonyl (C=O) groups is 1. The summed E-state index contributed by atoms with van der Waals surface area (Å²) in [5.41, 5.74) is -0.123. The van der Waals surface area contributed by atoms with Crippen molar-refractivity contribution in [3.8, 4) is 0 Å². The highest BCUT2D eigenvalue weighted by Crippen LogP contribution is 2.40. The highest BCUT2D eigenvalue weighted by Gasteiger charge is 2.33. The summed E-state index contributed by atoms with van der Waals surface area (Å²) < 4.78 is 27.9. The van der Waals surface area contributed by atoms with Crippen molar-refractivity contribution in [3.05, 3.63) is 21.9 Å². The number of carboxylic acid groups (broad SMARTS) is 1. The van der Waals surface area contributed by atoms with Gasteiger partial charge in [-0.3, -0.25) is 4.79 Å². The molecule has 0 saturated heterocycles. The van der Waals surface area contributed by atoms with Gasteiger partial charge >= 0.3 is 5.97 Å². The molecule has 19 heavy (non-hydrogen) atoms. The van der Waals surface area contributed by atoms with Gasteiger partial charge in [0, 0.05) is 17.7 Å². The van der Waals surface area contributed by atoms with E-state index in [0.29, 0.717) is 6.42 Å². The Morgan fingerprint density at radius 3 is 2.26 bits per heavy atom. The molecule has 5 heteroatoms. The molecule has 0 spiro atoms. The summed E-state index contributed by atoms with van der Waals surface area (Å²) in [5, 5.41) is 8.47. The Bertz CT molecular complexity index is 433. The van der Waals surface area contributed by atoms with Gasteiger partial charge in [0.1, 0.15) is 0 Å². The third-order valence-corrected chi connectivity index (χ3v) is 4.46. The van der Waals surface area contributed by atoms with Crippen molar-refractivity contribution in [1.82, 2.24) is 0 Å². The molecule has 0 saturated carbocycles. The van der Waals surface area contributed by atoms with Gasteiger partial charge in [0.2, 0.25) is 0 Å². The summed E-state index contributed by atoms with van der Waals surface area (Å²) in [5.74, 6) is -3.79. The second-order valence-electron chi connectivity index (χ2n) is 5.72. The highest BCUT2D eigenvalue weighted by atomic mass is 32.1.